The Morgan fingerprint density at radius 3 is 2.80 bits per heavy atom. The van der Waals surface area contributed by atoms with Crippen LogP contribution in [-0.4, -0.2) is 43.2 Å². The Morgan fingerprint density at radius 2 is 2.03 bits per heavy atom. The predicted octanol–water partition coefficient (Wildman–Crippen LogP) is 4.08. The number of morpholine rings is 1. The summed E-state index contributed by atoms with van der Waals surface area (Å²) >= 11 is 0. The molecule has 1 aliphatic heterocycles. The predicted molar refractivity (Wildman–Crippen MR) is 126 cm³/mol. The molecule has 0 spiro atoms. The van der Waals surface area contributed by atoms with E-state index in [2.05, 4.69) is 41.6 Å². The number of benzene rings is 2. The lowest BCUT2D eigenvalue weighted by atomic mass is 9.96. The Kier molecular flexibility index (Phi) is 8.62. The van der Waals surface area contributed by atoms with Crippen LogP contribution in [0, 0.1) is 13.8 Å². The number of aryl methyl sites for hydroxylation is 2. The van der Waals surface area contributed by atoms with Crippen LogP contribution < -0.4 is 10.6 Å². The molecule has 1 amide bonds. The van der Waals surface area contributed by atoms with Crippen molar-refractivity contribution in [2.75, 3.05) is 26.2 Å². The summed E-state index contributed by atoms with van der Waals surface area (Å²) in [5.74, 6) is -0.0820. The number of halogens is 2. The van der Waals surface area contributed by atoms with Crippen LogP contribution in [0.5, 0.6) is 0 Å². The molecule has 0 bridgehead atoms. The van der Waals surface area contributed by atoms with E-state index in [1.807, 2.05) is 36.5 Å². The minimum Gasteiger partial charge on any atom is -0.374 e. The quantitative estimate of drug-likeness (QED) is 0.632. The van der Waals surface area contributed by atoms with Gasteiger partial charge in [0, 0.05) is 36.8 Å². The molecule has 1 unspecified atom stereocenters. The van der Waals surface area contributed by atoms with Gasteiger partial charge in [-0.1, -0.05) is 24.3 Å². The summed E-state index contributed by atoms with van der Waals surface area (Å²) in [6.45, 7) is 7.02. The van der Waals surface area contributed by atoms with Gasteiger partial charge in [-0.3, -0.25) is 9.78 Å². The van der Waals surface area contributed by atoms with Crippen LogP contribution in [0.2, 0.25) is 0 Å². The van der Waals surface area contributed by atoms with Gasteiger partial charge in [0.05, 0.1) is 18.2 Å². The molecule has 2 aromatic carbocycles. The van der Waals surface area contributed by atoms with Crippen molar-refractivity contribution in [1.82, 2.24) is 15.6 Å². The molecular weight excluding hydrogens is 421 g/mol. The standard InChI is InChI=1S/C23H25N3O2.2ClH/c1-15-6-7-21-20(8-9-25-22(21)16(15)2)17-4-3-5-18(12-17)23(27)26-14-19-13-24-10-11-28-19;;/h3-9,12,19,24H,10-11,13-14H2,1-2H3,(H,26,27);2*1H. The van der Waals surface area contributed by atoms with Gasteiger partial charge in [0.2, 0.25) is 0 Å². The number of carbonyl (C=O) groups excluding carboxylic acids is 1. The third-order valence-electron chi connectivity index (χ3n) is 5.37. The first-order valence-corrected chi connectivity index (χ1v) is 9.69. The Morgan fingerprint density at radius 1 is 1.20 bits per heavy atom. The first-order chi connectivity index (χ1) is 13.6. The van der Waals surface area contributed by atoms with E-state index >= 15 is 0 Å². The van der Waals surface area contributed by atoms with E-state index in [1.54, 1.807) is 0 Å². The number of pyridine rings is 1. The van der Waals surface area contributed by atoms with Gasteiger partial charge in [0.15, 0.2) is 0 Å². The van der Waals surface area contributed by atoms with Gasteiger partial charge >= 0.3 is 0 Å². The summed E-state index contributed by atoms with van der Waals surface area (Å²) < 4.78 is 5.64. The topological polar surface area (TPSA) is 63.2 Å². The summed E-state index contributed by atoms with van der Waals surface area (Å²) in [6, 6.07) is 14.0. The first kappa shape index (κ1) is 24.1. The third kappa shape index (κ3) is 5.10. The van der Waals surface area contributed by atoms with Crippen molar-refractivity contribution in [2.45, 2.75) is 20.0 Å². The van der Waals surface area contributed by atoms with Gasteiger partial charge in [-0.2, -0.15) is 0 Å². The zero-order valence-electron chi connectivity index (χ0n) is 17.1. The van der Waals surface area contributed by atoms with Crippen LogP contribution in [-0.2, 0) is 4.74 Å². The van der Waals surface area contributed by atoms with Gasteiger partial charge < -0.3 is 15.4 Å². The van der Waals surface area contributed by atoms with Crippen molar-refractivity contribution in [3.8, 4) is 11.1 Å². The average Bonchev–Trinajstić information content (AvgIpc) is 2.75. The van der Waals surface area contributed by atoms with Gasteiger partial charge in [-0.25, -0.2) is 0 Å². The summed E-state index contributed by atoms with van der Waals surface area (Å²) in [7, 11) is 0. The molecule has 3 aromatic rings. The van der Waals surface area contributed by atoms with E-state index in [0.717, 1.165) is 35.1 Å². The van der Waals surface area contributed by atoms with Crippen molar-refractivity contribution < 1.29 is 9.53 Å². The largest absolute Gasteiger partial charge is 0.374 e. The van der Waals surface area contributed by atoms with Crippen molar-refractivity contribution in [3.63, 3.8) is 0 Å². The highest BCUT2D eigenvalue weighted by Crippen LogP contribution is 2.30. The highest BCUT2D eigenvalue weighted by atomic mass is 35.5. The van der Waals surface area contributed by atoms with Gasteiger partial charge in [-0.05, 0) is 54.3 Å². The summed E-state index contributed by atoms with van der Waals surface area (Å²) in [5.41, 5.74) is 6.17. The smallest absolute Gasteiger partial charge is 0.251 e. The second-order valence-corrected chi connectivity index (χ2v) is 7.25. The van der Waals surface area contributed by atoms with E-state index in [0.29, 0.717) is 18.7 Å². The number of fused-ring (bicyclic) bond motifs is 1. The molecule has 1 aromatic heterocycles. The SMILES string of the molecule is Cc1ccc2c(-c3cccc(C(=O)NCC4CNCCO4)c3)ccnc2c1C.Cl.Cl. The Balaban J connectivity index is 0.00000160. The third-order valence-corrected chi connectivity index (χ3v) is 5.37. The van der Waals surface area contributed by atoms with E-state index in [1.165, 1.54) is 11.1 Å². The van der Waals surface area contributed by atoms with Crippen LogP contribution in [0.25, 0.3) is 22.0 Å². The summed E-state index contributed by atoms with van der Waals surface area (Å²) in [4.78, 5) is 17.2. The molecule has 0 aliphatic carbocycles. The molecule has 1 fully saturated rings. The van der Waals surface area contributed by atoms with E-state index in [4.69, 9.17) is 4.74 Å². The maximum absolute atomic E-state index is 12.6. The molecule has 30 heavy (non-hydrogen) atoms. The minimum absolute atomic E-state index is 0. The number of amides is 1. The average molecular weight is 448 g/mol. The number of aromatic nitrogens is 1. The lowest BCUT2D eigenvalue weighted by molar-refractivity contribution is 0.0287. The van der Waals surface area contributed by atoms with Crippen molar-refractivity contribution in [2.24, 2.45) is 0 Å². The number of nitrogens with zero attached hydrogens (tertiary/aromatic N) is 1. The fourth-order valence-electron chi connectivity index (χ4n) is 3.60. The number of ether oxygens (including phenoxy) is 1. The lowest BCUT2D eigenvalue weighted by Crippen LogP contribution is -2.45. The van der Waals surface area contributed by atoms with E-state index in [-0.39, 0.29) is 36.8 Å². The van der Waals surface area contributed by atoms with Crippen molar-refractivity contribution >= 4 is 41.6 Å². The molecule has 5 nitrogen and oxygen atoms in total. The summed E-state index contributed by atoms with van der Waals surface area (Å²) in [6.07, 6.45) is 1.86. The minimum atomic E-state index is -0.0820. The molecule has 7 heteroatoms. The normalized spacial score (nSPS) is 15.7. The molecular formula is C23H27Cl2N3O2. The number of rotatable bonds is 4. The Labute approximate surface area is 189 Å². The Hall–Kier alpha value is -2.18. The van der Waals surface area contributed by atoms with Crippen LogP contribution in [0.1, 0.15) is 21.5 Å². The fourth-order valence-corrected chi connectivity index (χ4v) is 3.60. The maximum atomic E-state index is 12.6. The highest BCUT2D eigenvalue weighted by Gasteiger charge is 2.15. The summed E-state index contributed by atoms with van der Waals surface area (Å²) in [5, 5.41) is 7.36. The highest BCUT2D eigenvalue weighted by molar-refractivity contribution is 5.99. The first-order valence-electron chi connectivity index (χ1n) is 9.69. The van der Waals surface area contributed by atoms with Crippen LogP contribution in [0.3, 0.4) is 0 Å². The van der Waals surface area contributed by atoms with E-state index < -0.39 is 0 Å². The zero-order chi connectivity index (χ0) is 19.5. The van der Waals surface area contributed by atoms with Crippen LogP contribution in [0.15, 0.2) is 48.7 Å². The Bertz CT molecular complexity index is 1020. The van der Waals surface area contributed by atoms with Gasteiger partial charge in [-0.15, -0.1) is 24.8 Å². The number of carbonyl (C=O) groups is 1. The van der Waals surface area contributed by atoms with E-state index in [9.17, 15) is 4.79 Å². The van der Waals surface area contributed by atoms with Crippen molar-refractivity contribution in [3.05, 3.63) is 65.4 Å². The number of hydrogen-bond donors (Lipinski definition) is 2. The van der Waals surface area contributed by atoms with Gasteiger partial charge in [0.1, 0.15) is 0 Å². The molecule has 0 saturated carbocycles. The molecule has 2 heterocycles. The number of nitrogens with one attached hydrogen (secondary N) is 2. The molecule has 1 aliphatic rings. The zero-order valence-corrected chi connectivity index (χ0v) is 18.7. The fraction of sp³-hybridized carbons (Fsp3) is 0.304. The second kappa shape index (κ2) is 10.7. The number of hydrogen-bond acceptors (Lipinski definition) is 4. The molecule has 4 rings (SSSR count). The second-order valence-electron chi connectivity index (χ2n) is 7.25. The van der Waals surface area contributed by atoms with Crippen molar-refractivity contribution in [1.29, 1.82) is 0 Å². The lowest BCUT2D eigenvalue weighted by Gasteiger charge is -2.23. The van der Waals surface area contributed by atoms with Gasteiger partial charge in [0.25, 0.3) is 5.91 Å². The molecule has 1 saturated heterocycles. The molecule has 0 radical (unpaired) electrons. The molecule has 1 atom stereocenters. The van der Waals surface area contributed by atoms with Crippen LogP contribution in [0.4, 0.5) is 0 Å². The van der Waals surface area contributed by atoms with Crippen LogP contribution >= 0.6 is 24.8 Å². The monoisotopic (exact) mass is 447 g/mol. The maximum Gasteiger partial charge on any atom is 0.251 e. The molecule has 160 valence electrons. The molecule has 2 N–H and O–H groups in total.